The van der Waals surface area contributed by atoms with Crippen molar-refractivity contribution in [3.8, 4) is 0 Å². The minimum atomic E-state index is 0.142. The molecular weight excluding hydrogens is 250 g/mol. The second-order valence-corrected chi connectivity index (χ2v) is 5.71. The third-order valence-corrected chi connectivity index (χ3v) is 4.31. The van der Waals surface area contributed by atoms with E-state index in [1.54, 1.807) is 7.11 Å². The van der Waals surface area contributed by atoms with Crippen LogP contribution in [-0.4, -0.2) is 42.7 Å². The van der Waals surface area contributed by atoms with E-state index >= 15 is 0 Å². The average Bonchev–Trinajstić information content (AvgIpc) is 2.50. The van der Waals surface area contributed by atoms with Gasteiger partial charge in [0.1, 0.15) is 0 Å². The van der Waals surface area contributed by atoms with Crippen molar-refractivity contribution in [2.75, 3.05) is 26.8 Å². The number of piperidine rings is 1. The first-order chi connectivity index (χ1) is 9.76. The zero-order chi connectivity index (χ0) is 14.4. The minimum absolute atomic E-state index is 0.142. The lowest BCUT2D eigenvalue weighted by Gasteiger charge is -2.39. The van der Waals surface area contributed by atoms with E-state index in [0.29, 0.717) is 5.92 Å². The van der Waals surface area contributed by atoms with Crippen LogP contribution in [0.2, 0.25) is 0 Å². The molecule has 2 atom stereocenters. The van der Waals surface area contributed by atoms with E-state index in [9.17, 15) is 0 Å². The van der Waals surface area contributed by atoms with Crippen LogP contribution in [0.15, 0.2) is 24.4 Å². The predicted octanol–water partition coefficient (Wildman–Crippen LogP) is 2.22. The molecule has 112 valence electrons. The van der Waals surface area contributed by atoms with Crippen LogP contribution in [0.3, 0.4) is 0 Å². The van der Waals surface area contributed by atoms with Gasteiger partial charge in [-0.1, -0.05) is 13.0 Å². The molecule has 0 aromatic carbocycles. The van der Waals surface area contributed by atoms with Gasteiger partial charge in [0.2, 0.25) is 0 Å². The number of hydrogen-bond acceptors (Lipinski definition) is 4. The van der Waals surface area contributed by atoms with Gasteiger partial charge in [-0.25, -0.2) is 0 Å². The molecule has 1 aliphatic rings. The molecular formula is C16H27N3O. The summed E-state index contributed by atoms with van der Waals surface area (Å²) in [6.07, 6.45) is 5.21. The van der Waals surface area contributed by atoms with Gasteiger partial charge < -0.3 is 10.5 Å². The highest BCUT2D eigenvalue weighted by Gasteiger charge is 2.30. The molecule has 1 aromatic heterocycles. The van der Waals surface area contributed by atoms with E-state index in [2.05, 4.69) is 28.9 Å². The average molecular weight is 277 g/mol. The lowest BCUT2D eigenvalue weighted by atomic mass is 9.93. The van der Waals surface area contributed by atoms with Gasteiger partial charge in [0.25, 0.3) is 0 Å². The van der Waals surface area contributed by atoms with Gasteiger partial charge in [-0.05, 0) is 50.4 Å². The fourth-order valence-electron chi connectivity index (χ4n) is 3.08. The van der Waals surface area contributed by atoms with Crippen molar-refractivity contribution < 1.29 is 4.74 Å². The normalized spacial score (nSPS) is 20.8. The first kappa shape index (κ1) is 15.4. The highest BCUT2D eigenvalue weighted by molar-refractivity contribution is 5.11. The quantitative estimate of drug-likeness (QED) is 0.866. The Morgan fingerprint density at radius 2 is 2.15 bits per heavy atom. The summed E-state index contributed by atoms with van der Waals surface area (Å²) in [5.41, 5.74) is 7.47. The molecule has 1 saturated heterocycles. The third-order valence-electron chi connectivity index (χ3n) is 4.31. The molecule has 20 heavy (non-hydrogen) atoms. The highest BCUT2D eigenvalue weighted by atomic mass is 16.5. The van der Waals surface area contributed by atoms with Gasteiger partial charge in [0.15, 0.2) is 0 Å². The summed E-state index contributed by atoms with van der Waals surface area (Å²) in [7, 11) is 1.79. The monoisotopic (exact) mass is 277 g/mol. The first-order valence-electron chi connectivity index (χ1n) is 7.65. The van der Waals surface area contributed by atoms with Crippen LogP contribution in [-0.2, 0) is 4.74 Å². The molecule has 2 heterocycles. The van der Waals surface area contributed by atoms with Crippen LogP contribution < -0.4 is 5.73 Å². The molecule has 0 bridgehead atoms. The van der Waals surface area contributed by atoms with Gasteiger partial charge in [0, 0.05) is 26.0 Å². The maximum atomic E-state index is 6.37. The number of rotatable bonds is 6. The van der Waals surface area contributed by atoms with Crippen molar-refractivity contribution in [1.29, 1.82) is 0 Å². The summed E-state index contributed by atoms with van der Waals surface area (Å²) >= 11 is 0. The van der Waals surface area contributed by atoms with Crippen molar-refractivity contribution >= 4 is 0 Å². The second kappa shape index (κ2) is 7.72. The second-order valence-electron chi connectivity index (χ2n) is 5.71. The van der Waals surface area contributed by atoms with Crippen LogP contribution in [0.5, 0.6) is 0 Å². The van der Waals surface area contributed by atoms with Crippen LogP contribution in [0.25, 0.3) is 0 Å². The van der Waals surface area contributed by atoms with Gasteiger partial charge in [-0.3, -0.25) is 9.88 Å². The van der Waals surface area contributed by atoms with Crippen LogP contribution in [0.4, 0.5) is 0 Å². The molecule has 0 saturated carbocycles. The summed E-state index contributed by atoms with van der Waals surface area (Å²) in [4.78, 5) is 7.03. The predicted molar refractivity (Wildman–Crippen MR) is 81.4 cm³/mol. The molecule has 0 radical (unpaired) electrons. The van der Waals surface area contributed by atoms with Gasteiger partial charge in [0.05, 0.1) is 11.7 Å². The summed E-state index contributed by atoms with van der Waals surface area (Å²) in [5, 5.41) is 0. The smallest absolute Gasteiger partial charge is 0.0673 e. The molecule has 4 nitrogen and oxygen atoms in total. The Morgan fingerprint density at radius 1 is 1.40 bits per heavy atom. The lowest BCUT2D eigenvalue weighted by Crippen LogP contribution is -2.45. The van der Waals surface area contributed by atoms with E-state index in [4.69, 9.17) is 10.5 Å². The number of methoxy groups -OCH3 is 1. The standard InChI is InChI=1S/C16H27N3O/c1-3-14(17)16(15-6-4-5-9-18-15)19-10-7-13(8-11-19)12-20-2/h4-6,9,13-14,16H,3,7-8,10-12,17H2,1-2H3. The molecule has 0 amide bonds. The van der Waals surface area contributed by atoms with E-state index in [1.165, 1.54) is 12.8 Å². The topological polar surface area (TPSA) is 51.4 Å². The molecule has 1 aliphatic heterocycles. The molecule has 2 unspecified atom stereocenters. The fraction of sp³-hybridized carbons (Fsp3) is 0.688. The van der Waals surface area contributed by atoms with Gasteiger partial charge in [-0.2, -0.15) is 0 Å². The van der Waals surface area contributed by atoms with Crippen molar-refractivity contribution in [1.82, 2.24) is 9.88 Å². The van der Waals surface area contributed by atoms with E-state index in [-0.39, 0.29) is 12.1 Å². The Kier molecular flexibility index (Phi) is 5.95. The molecule has 1 aromatic rings. The molecule has 0 spiro atoms. The molecule has 4 heteroatoms. The minimum Gasteiger partial charge on any atom is -0.384 e. The van der Waals surface area contributed by atoms with Crippen LogP contribution >= 0.6 is 0 Å². The van der Waals surface area contributed by atoms with Crippen LogP contribution in [0.1, 0.15) is 37.9 Å². The van der Waals surface area contributed by atoms with E-state index in [1.807, 2.05) is 12.3 Å². The summed E-state index contributed by atoms with van der Waals surface area (Å²) in [6, 6.07) is 6.49. The molecule has 2 rings (SSSR count). The van der Waals surface area contributed by atoms with Gasteiger partial charge in [-0.15, -0.1) is 0 Å². The van der Waals surface area contributed by atoms with Crippen molar-refractivity contribution in [2.45, 2.75) is 38.3 Å². The van der Waals surface area contributed by atoms with E-state index in [0.717, 1.165) is 31.8 Å². The SMILES string of the molecule is CCC(N)C(c1ccccn1)N1CCC(COC)CC1. The molecule has 1 fully saturated rings. The number of pyridine rings is 1. The Balaban J connectivity index is 2.05. The fourth-order valence-corrected chi connectivity index (χ4v) is 3.08. The Morgan fingerprint density at radius 3 is 2.70 bits per heavy atom. The largest absolute Gasteiger partial charge is 0.384 e. The summed E-state index contributed by atoms with van der Waals surface area (Å²) in [5.74, 6) is 0.693. The Hall–Kier alpha value is -0.970. The van der Waals surface area contributed by atoms with Gasteiger partial charge >= 0.3 is 0 Å². The zero-order valence-electron chi connectivity index (χ0n) is 12.7. The third kappa shape index (κ3) is 3.78. The first-order valence-corrected chi connectivity index (χ1v) is 7.65. The highest BCUT2D eigenvalue weighted by Crippen LogP contribution is 2.28. The number of likely N-dealkylation sites (tertiary alicyclic amines) is 1. The number of nitrogens with zero attached hydrogens (tertiary/aromatic N) is 2. The van der Waals surface area contributed by atoms with Crippen molar-refractivity contribution in [3.63, 3.8) is 0 Å². The van der Waals surface area contributed by atoms with Crippen molar-refractivity contribution in [2.24, 2.45) is 11.7 Å². The number of hydrogen-bond donors (Lipinski definition) is 1. The maximum absolute atomic E-state index is 6.37. The summed E-state index contributed by atoms with van der Waals surface area (Å²) < 4.78 is 5.27. The van der Waals surface area contributed by atoms with Crippen molar-refractivity contribution in [3.05, 3.63) is 30.1 Å². The number of nitrogens with two attached hydrogens (primary N) is 1. The number of ether oxygens (including phenoxy) is 1. The number of aromatic nitrogens is 1. The lowest BCUT2D eigenvalue weighted by molar-refractivity contribution is 0.0702. The molecule has 2 N–H and O–H groups in total. The van der Waals surface area contributed by atoms with E-state index < -0.39 is 0 Å². The Bertz CT molecular complexity index is 377. The maximum Gasteiger partial charge on any atom is 0.0673 e. The summed E-state index contributed by atoms with van der Waals surface area (Å²) in [6.45, 7) is 5.20. The molecule has 0 aliphatic carbocycles. The van der Waals surface area contributed by atoms with Crippen LogP contribution in [0, 0.1) is 5.92 Å². The Labute approximate surface area is 122 Å². The zero-order valence-corrected chi connectivity index (χ0v) is 12.7.